The molecule has 3 heterocycles. The van der Waals surface area contributed by atoms with Crippen molar-refractivity contribution in [2.75, 3.05) is 13.3 Å². The number of aromatic nitrogens is 1. The number of ketones is 1. The van der Waals surface area contributed by atoms with Gasteiger partial charge in [-0.1, -0.05) is 0 Å². The SMILES string of the molecule is O=C(CC1=NCCc2cc3c(cc21)OCO3)c1ccncc1. The van der Waals surface area contributed by atoms with Crippen LogP contribution < -0.4 is 9.47 Å². The van der Waals surface area contributed by atoms with E-state index in [1.165, 1.54) is 0 Å². The third-order valence-corrected chi connectivity index (χ3v) is 3.92. The molecule has 0 unspecified atom stereocenters. The van der Waals surface area contributed by atoms with Gasteiger partial charge < -0.3 is 9.47 Å². The van der Waals surface area contributed by atoms with Crippen molar-refractivity contribution in [3.05, 3.63) is 53.3 Å². The Morgan fingerprint density at radius 2 is 1.91 bits per heavy atom. The largest absolute Gasteiger partial charge is 0.454 e. The number of nitrogens with zero attached hydrogens (tertiary/aromatic N) is 2. The minimum atomic E-state index is 0.0478. The van der Waals surface area contributed by atoms with Gasteiger partial charge in [0.25, 0.3) is 0 Å². The van der Waals surface area contributed by atoms with Gasteiger partial charge >= 0.3 is 0 Å². The highest BCUT2D eigenvalue weighted by atomic mass is 16.7. The molecule has 0 saturated carbocycles. The molecule has 22 heavy (non-hydrogen) atoms. The third kappa shape index (κ3) is 2.24. The van der Waals surface area contributed by atoms with Gasteiger partial charge in [-0.05, 0) is 36.2 Å². The van der Waals surface area contributed by atoms with E-state index in [4.69, 9.17) is 9.47 Å². The van der Waals surface area contributed by atoms with Gasteiger partial charge in [-0.2, -0.15) is 0 Å². The van der Waals surface area contributed by atoms with Crippen molar-refractivity contribution in [3.63, 3.8) is 0 Å². The number of pyridine rings is 1. The van der Waals surface area contributed by atoms with E-state index in [1.807, 2.05) is 12.1 Å². The minimum absolute atomic E-state index is 0.0478. The molecule has 1 aromatic heterocycles. The van der Waals surface area contributed by atoms with Crippen LogP contribution in [0.2, 0.25) is 0 Å². The van der Waals surface area contributed by atoms with Crippen molar-refractivity contribution < 1.29 is 14.3 Å². The van der Waals surface area contributed by atoms with Gasteiger partial charge in [0.2, 0.25) is 6.79 Å². The normalized spacial score (nSPS) is 15.2. The van der Waals surface area contributed by atoms with E-state index < -0.39 is 0 Å². The van der Waals surface area contributed by atoms with E-state index in [2.05, 4.69) is 9.98 Å². The number of benzene rings is 1. The van der Waals surface area contributed by atoms with Crippen molar-refractivity contribution >= 4 is 11.5 Å². The van der Waals surface area contributed by atoms with Gasteiger partial charge in [-0.25, -0.2) is 0 Å². The molecule has 0 bridgehead atoms. The number of hydrogen-bond acceptors (Lipinski definition) is 5. The second kappa shape index (κ2) is 5.26. The Hall–Kier alpha value is -2.69. The Balaban J connectivity index is 1.64. The molecule has 2 aliphatic rings. The number of hydrogen-bond donors (Lipinski definition) is 0. The fourth-order valence-corrected chi connectivity index (χ4v) is 2.80. The summed E-state index contributed by atoms with van der Waals surface area (Å²) in [4.78, 5) is 20.9. The van der Waals surface area contributed by atoms with Crippen LogP contribution in [0.25, 0.3) is 0 Å². The van der Waals surface area contributed by atoms with Crippen LogP contribution in [0.15, 0.2) is 41.7 Å². The van der Waals surface area contributed by atoms with Crippen LogP contribution in [0.3, 0.4) is 0 Å². The maximum Gasteiger partial charge on any atom is 0.231 e. The van der Waals surface area contributed by atoms with Crippen LogP contribution in [0.5, 0.6) is 11.5 Å². The average Bonchev–Trinajstić information content (AvgIpc) is 3.01. The Labute approximate surface area is 127 Å². The van der Waals surface area contributed by atoms with E-state index in [-0.39, 0.29) is 19.0 Å². The Kier molecular flexibility index (Phi) is 3.11. The number of carbonyl (C=O) groups excluding carboxylic acids is 1. The van der Waals surface area contributed by atoms with Gasteiger partial charge in [0.1, 0.15) is 0 Å². The summed E-state index contributed by atoms with van der Waals surface area (Å²) >= 11 is 0. The lowest BCUT2D eigenvalue weighted by Crippen LogP contribution is -2.17. The molecule has 5 nitrogen and oxygen atoms in total. The first kappa shape index (κ1) is 13.0. The molecule has 5 heteroatoms. The number of Topliss-reactive ketones (excluding diaryl/α,β-unsaturated/α-hetero) is 1. The number of fused-ring (bicyclic) bond motifs is 2. The highest BCUT2D eigenvalue weighted by molar-refractivity contribution is 6.16. The zero-order valence-electron chi connectivity index (χ0n) is 11.9. The molecule has 0 N–H and O–H groups in total. The molecular weight excluding hydrogens is 280 g/mol. The van der Waals surface area contributed by atoms with Gasteiger partial charge in [-0.15, -0.1) is 0 Å². The molecule has 0 aliphatic carbocycles. The number of aliphatic imine (C=N–C) groups is 1. The van der Waals surface area contributed by atoms with E-state index in [1.54, 1.807) is 24.5 Å². The average molecular weight is 294 g/mol. The summed E-state index contributed by atoms with van der Waals surface area (Å²) in [6.45, 7) is 0.951. The monoisotopic (exact) mass is 294 g/mol. The molecular formula is C17H14N2O3. The molecule has 110 valence electrons. The van der Waals surface area contributed by atoms with Gasteiger partial charge in [0.15, 0.2) is 17.3 Å². The highest BCUT2D eigenvalue weighted by Gasteiger charge is 2.23. The van der Waals surface area contributed by atoms with Gasteiger partial charge in [0, 0.05) is 30.1 Å². The zero-order chi connectivity index (χ0) is 14.9. The van der Waals surface area contributed by atoms with E-state index in [0.717, 1.165) is 34.8 Å². The summed E-state index contributed by atoms with van der Waals surface area (Å²) in [7, 11) is 0. The maximum atomic E-state index is 12.4. The summed E-state index contributed by atoms with van der Waals surface area (Å²) < 4.78 is 10.8. The molecule has 2 aromatic rings. The predicted octanol–water partition coefficient (Wildman–Crippen LogP) is 2.43. The number of carbonyl (C=O) groups is 1. The third-order valence-electron chi connectivity index (χ3n) is 3.92. The van der Waals surface area contributed by atoms with Crippen LogP contribution in [0, 0.1) is 0 Å². The topological polar surface area (TPSA) is 60.8 Å². The van der Waals surface area contributed by atoms with Gasteiger partial charge in [0.05, 0.1) is 12.1 Å². The van der Waals surface area contributed by atoms with Crippen LogP contribution in [0.4, 0.5) is 0 Å². The molecule has 0 radical (unpaired) electrons. The standard InChI is InChI=1S/C17H14N2O3/c20-15(11-1-4-18-5-2-11)9-14-13-8-17-16(21-10-22-17)7-12(13)3-6-19-14/h1-2,4-5,7-8H,3,6,9-10H2. The fraction of sp³-hybridized carbons (Fsp3) is 0.235. The van der Waals surface area contributed by atoms with Crippen molar-refractivity contribution in [3.8, 4) is 11.5 Å². The van der Waals surface area contributed by atoms with Crippen molar-refractivity contribution in [2.24, 2.45) is 4.99 Å². The molecule has 0 amide bonds. The summed E-state index contributed by atoms with van der Waals surface area (Å²) in [6, 6.07) is 7.40. The van der Waals surface area contributed by atoms with Crippen LogP contribution in [0.1, 0.15) is 27.9 Å². The number of ether oxygens (including phenoxy) is 2. The minimum Gasteiger partial charge on any atom is -0.454 e. The summed E-state index contributed by atoms with van der Waals surface area (Å²) in [5.41, 5.74) is 3.64. The van der Waals surface area contributed by atoms with Crippen LogP contribution >= 0.6 is 0 Å². The van der Waals surface area contributed by atoms with Crippen LogP contribution in [-0.4, -0.2) is 29.8 Å². The first-order chi connectivity index (χ1) is 10.8. The first-order valence-electron chi connectivity index (χ1n) is 7.21. The molecule has 0 fully saturated rings. The molecule has 0 saturated heterocycles. The summed E-state index contributed by atoms with van der Waals surface area (Å²) in [5, 5.41) is 0. The van der Waals surface area contributed by atoms with Gasteiger partial charge in [-0.3, -0.25) is 14.8 Å². The Morgan fingerprint density at radius 1 is 1.14 bits per heavy atom. The lowest BCUT2D eigenvalue weighted by Gasteiger charge is -2.17. The van der Waals surface area contributed by atoms with Crippen molar-refractivity contribution in [1.82, 2.24) is 4.98 Å². The predicted molar refractivity (Wildman–Crippen MR) is 80.9 cm³/mol. The number of rotatable bonds is 3. The highest BCUT2D eigenvalue weighted by Crippen LogP contribution is 2.36. The lowest BCUT2D eigenvalue weighted by atomic mass is 9.93. The molecule has 0 atom stereocenters. The first-order valence-corrected chi connectivity index (χ1v) is 7.21. The molecule has 2 aliphatic heterocycles. The lowest BCUT2D eigenvalue weighted by molar-refractivity contribution is 0.100. The molecule has 4 rings (SSSR count). The Morgan fingerprint density at radius 3 is 2.73 bits per heavy atom. The second-order valence-corrected chi connectivity index (χ2v) is 5.28. The molecule has 0 spiro atoms. The van der Waals surface area contributed by atoms with E-state index in [9.17, 15) is 4.79 Å². The fourth-order valence-electron chi connectivity index (χ4n) is 2.80. The smallest absolute Gasteiger partial charge is 0.231 e. The maximum absolute atomic E-state index is 12.4. The zero-order valence-corrected chi connectivity index (χ0v) is 11.9. The Bertz CT molecular complexity index is 769. The van der Waals surface area contributed by atoms with Crippen LogP contribution in [-0.2, 0) is 6.42 Å². The van der Waals surface area contributed by atoms with Crippen molar-refractivity contribution in [2.45, 2.75) is 12.8 Å². The quantitative estimate of drug-likeness (QED) is 0.816. The van der Waals surface area contributed by atoms with E-state index >= 15 is 0 Å². The van der Waals surface area contributed by atoms with Crippen molar-refractivity contribution in [1.29, 1.82) is 0 Å². The summed E-state index contributed by atoms with van der Waals surface area (Å²) in [6.07, 6.45) is 4.40. The second-order valence-electron chi connectivity index (χ2n) is 5.28. The van der Waals surface area contributed by atoms with E-state index in [0.29, 0.717) is 12.1 Å². The summed E-state index contributed by atoms with van der Waals surface area (Å²) in [5.74, 6) is 1.55. The molecule has 1 aromatic carbocycles.